The molecule has 1 N–H and O–H groups in total. The topological polar surface area (TPSA) is 29.9 Å². The van der Waals surface area contributed by atoms with Crippen LogP contribution in [0.1, 0.15) is 51.5 Å². The summed E-state index contributed by atoms with van der Waals surface area (Å²) < 4.78 is 2.12. The largest absolute Gasteiger partial charge is 0.312 e. The van der Waals surface area contributed by atoms with Gasteiger partial charge in [-0.25, -0.2) is 0 Å². The molecule has 0 saturated carbocycles. The smallest absolute Gasteiger partial charge is 0.0596 e. The van der Waals surface area contributed by atoms with Crippen molar-refractivity contribution in [2.75, 3.05) is 6.54 Å². The molecule has 0 aromatic carbocycles. The zero-order valence-electron chi connectivity index (χ0n) is 11.5. The number of aryl methyl sites for hydroxylation is 2. The van der Waals surface area contributed by atoms with Gasteiger partial charge in [0.05, 0.1) is 11.7 Å². The van der Waals surface area contributed by atoms with Gasteiger partial charge in [0.2, 0.25) is 0 Å². The zero-order valence-corrected chi connectivity index (χ0v) is 11.5. The van der Waals surface area contributed by atoms with E-state index in [1.165, 1.54) is 5.69 Å². The number of nitrogens with one attached hydrogen (secondary N) is 1. The van der Waals surface area contributed by atoms with Gasteiger partial charge >= 0.3 is 0 Å². The van der Waals surface area contributed by atoms with E-state index < -0.39 is 0 Å². The van der Waals surface area contributed by atoms with Crippen molar-refractivity contribution in [2.24, 2.45) is 0 Å². The van der Waals surface area contributed by atoms with E-state index in [1.807, 2.05) is 6.92 Å². The third-order valence-corrected chi connectivity index (χ3v) is 2.68. The lowest BCUT2D eigenvalue weighted by molar-refractivity contribution is 0.376. The Morgan fingerprint density at radius 3 is 2.44 bits per heavy atom. The Labute approximate surface area is 99.2 Å². The Morgan fingerprint density at radius 1 is 1.38 bits per heavy atom. The molecule has 1 heterocycles. The second kappa shape index (κ2) is 5.00. The first-order chi connectivity index (χ1) is 7.29. The number of nitrogens with zero attached hydrogens (tertiary/aromatic N) is 2. The van der Waals surface area contributed by atoms with E-state index in [0.29, 0.717) is 6.04 Å². The molecule has 3 nitrogen and oxygen atoms in total. The summed E-state index contributed by atoms with van der Waals surface area (Å²) in [5.41, 5.74) is 2.56. The Bertz CT molecular complexity index is 333. The molecule has 0 aliphatic carbocycles. The van der Waals surface area contributed by atoms with E-state index in [-0.39, 0.29) is 5.54 Å². The third-order valence-electron chi connectivity index (χ3n) is 2.68. The van der Waals surface area contributed by atoms with Gasteiger partial charge < -0.3 is 5.32 Å². The maximum Gasteiger partial charge on any atom is 0.0596 e. The third kappa shape index (κ3) is 3.97. The fourth-order valence-electron chi connectivity index (χ4n) is 1.87. The first-order valence-electron chi connectivity index (χ1n) is 6.07. The summed E-state index contributed by atoms with van der Waals surface area (Å²) in [6, 6.07) is 2.59. The highest BCUT2D eigenvalue weighted by Gasteiger charge is 2.12. The van der Waals surface area contributed by atoms with E-state index in [1.54, 1.807) is 0 Å². The van der Waals surface area contributed by atoms with Gasteiger partial charge in [0, 0.05) is 11.2 Å². The lowest BCUT2D eigenvalue weighted by atomic mass is 10.1. The highest BCUT2D eigenvalue weighted by molar-refractivity contribution is 5.07. The average Bonchev–Trinajstić information content (AvgIpc) is 2.43. The van der Waals surface area contributed by atoms with Gasteiger partial charge in [0.1, 0.15) is 0 Å². The average molecular weight is 223 g/mol. The molecule has 16 heavy (non-hydrogen) atoms. The number of hydrogen-bond donors (Lipinski definition) is 1. The van der Waals surface area contributed by atoms with Crippen molar-refractivity contribution >= 4 is 0 Å². The first kappa shape index (κ1) is 13.2. The fourth-order valence-corrected chi connectivity index (χ4v) is 1.87. The van der Waals surface area contributed by atoms with Gasteiger partial charge in [-0.1, -0.05) is 0 Å². The second-order valence-corrected chi connectivity index (χ2v) is 5.69. The molecule has 1 rings (SSSR count). The van der Waals surface area contributed by atoms with Crippen LogP contribution in [0.2, 0.25) is 0 Å². The molecule has 92 valence electrons. The molecule has 1 atom stereocenters. The van der Waals surface area contributed by atoms with Crippen LogP contribution >= 0.6 is 0 Å². The number of hydrogen-bond acceptors (Lipinski definition) is 2. The molecule has 0 spiro atoms. The summed E-state index contributed by atoms with van der Waals surface area (Å²) >= 11 is 0. The predicted octanol–water partition coefficient (Wildman–Crippen LogP) is 2.84. The maximum atomic E-state index is 4.51. The van der Waals surface area contributed by atoms with Crippen LogP contribution in [-0.4, -0.2) is 21.9 Å². The minimum Gasteiger partial charge on any atom is -0.312 e. The van der Waals surface area contributed by atoms with Crippen molar-refractivity contribution in [3.05, 3.63) is 17.5 Å². The van der Waals surface area contributed by atoms with Gasteiger partial charge in [-0.15, -0.1) is 0 Å². The maximum absolute atomic E-state index is 4.51. The van der Waals surface area contributed by atoms with Crippen molar-refractivity contribution in [1.82, 2.24) is 15.1 Å². The highest BCUT2D eigenvalue weighted by atomic mass is 15.3. The van der Waals surface area contributed by atoms with Gasteiger partial charge in [-0.2, -0.15) is 5.10 Å². The van der Waals surface area contributed by atoms with E-state index in [2.05, 4.69) is 55.8 Å². The predicted molar refractivity (Wildman–Crippen MR) is 68.8 cm³/mol. The van der Waals surface area contributed by atoms with Crippen LogP contribution in [0.25, 0.3) is 0 Å². The Kier molecular flexibility index (Phi) is 4.14. The van der Waals surface area contributed by atoms with Gasteiger partial charge in [0.15, 0.2) is 0 Å². The highest BCUT2D eigenvalue weighted by Crippen LogP contribution is 2.13. The molecule has 3 heteroatoms. The van der Waals surface area contributed by atoms with Crippen molar-refractivity contribution < 1.29 is 0 Å². The lowest BCUT2D eigenvalue weighted by Gasteiger charge is -2.22. The van der Waals surface area contributed by atoms with Crippen molar-refractivity contribution in [3.63, 3.8) is 0 Å². The normalized spacial score (nSPS) is 14.1. The van der Waals surface area contributed by atoms with Crippen molar-refractivity contribution in [3.8, 4) is 0 Å². The summed E-state index contributed by atoms with van der Waals surface area (Å²) in [7, 11) is 0. The van der Waals surface area contributed by atoms with Crippen LogP contribution in [0.4, 0.5) is 0 Å². The Balaban J connectivity index is 2.47. The van der Waals surface area contributed by atoms with E-state index >= 15 is 0 Å². The van der Waals surface area contributed by atoms with Crippen LogP contribution < -0.4 is 5.32 Å². The van der Waals surface area contributed by atoms with Crippen LogP contribution in [0.5, 0.6) is 0 Å². The summed E-state index contributed by atoms with van der Waals surface area (Å²) in [4.78, 5) is 0. The van der Waals surface area contributed by atoms with Gasteiger partial charge in [0.25, 0.3) is 0 Å². The molecule has 0 aliphatic heterocycles. The molecule has 1 aromatic rings. The van der Waals surface area contributed by atoms with Crippen molar-refractivity contribution in [1.29, 1.82) is 0 Å². The number of rotatable bonds is 4. The van der Waals surface area contributed by atoms with Crippen LogP contribution in [0.3, 0.4) is 0 Å². The van der Waals surface area contributed by atoms with Crippen LogP contribution in [0.15, 0.2) is 6.07 Å². The molecule has 0 aliphatic rings. The molecule has 1 unspecified atom stereocenters. The second-order valence-electron chi connectivity index (χ2n) is 5.69. The molecule has 0 radical (unpaired) electrons. The summed E-state index contributed by atoms with van der Waals surface area (Å²) in [5.74, 6) is 0. The molecular formula is C13H25N3. The quantitative estimate of drug-likeness (QED) is 0.850. The van der Waals surface area contributed by atoms with Crippen LogP contribution in [0, 0.1) is 13.8 Å². The van der Waals surface area contributed by atoms with Gasteiger partial charge in [-0.05, 0) is 60.6 Å². The monoisotopic (exact) mass is 223 g/mol. The van der Waals surface area contributed by atoms with Crippen molar-refractivity contribution in [2.45, 2.75) is 59.5 Å². The SMILES string of the molecule is Cc1cc(C)n(C(C)CCNC(C)(C)C)n1. The van der Waals surface area contributed by atoms with E-state index in [0.717, 1.165) is 18.7 Å². The minimum absolute atomic E-state index is 0.203. The molecule has 0 amide bonds. The van der Waals surface area contributed by atoms with E-state index in [9.17, 15) is 0 Å². The lowest BCUT2D eigenvalue weighted by Crippen LogP contribution is -2.37. The molecule has 0 saturated heterocycles. The summed E-state index contributed by atoms with van der Waals surface area (Å²) in [5, 5.41) is 8.02. The number of aromatic nitrogens is 2. The van der Waals surface area contributed by atoms with Crippen LogP contribution in [-0.2, 0) is 0 Å². The Hall–Kier alpha value is -0.830. The minimum atomic E-state index is 0.203. The zero-order chi connectivity index (χ0) is 12.3. The Morgan fingerprint density at radius 2 is 2.00 bits per heavy atom. The van der Waals surface area contributed by atoms with Gasteiger partial charge in [-0.3, -0.25) is 4.68 Å². The van der Waals surface area contributed by atoms with E-state index in [4.69, 9.17) is 0 Å². The molecular weight excluding hydrogens is 198 g/mol. The molecule has 0 fully saturated rings. The molecule has 1 aromatic heterocycles. The summed E-state index contributed by atoms with van der Waals surface area (Å²) in [6.45, 7) is 14.0. The standard InChI is InChI=1S/C13H25N3/c1-10-9-12(3)16(15-10)11(2)7-8-14-13(4,5)6/h9,11,14H,7-8H2,1-6H3. The first-order valence-corrected chi connectivity index (χ1v) is 6.07. The summed E-state index contributed by atoms with van der Waals surface area (Å²) in [6.07, 6.45) is 1.11. The fraction of sp³-hybridized carbons (Fsp3) is 0.769. The molecule has 0 bridgehead atoms.